The Labute approximate surface area is 161 Å². The second-order valence-electron chi connectivity index (χ2n) is 7.60. The van der Waals surface area contributed by atoms with Gasteiger partial charge in [0.05, 0.1) is 11.3 Å². The molecule has 0 spiro atoms. The van der Waals surface area contributed by atoms with Gasteiger partial charge in [0.2, 0.25) is 0 Å². The molecule has 1 aromatic heterocycles. The summed E-state index contributed by atoms with van der Waals surface area (Å²) in [6.07, 6.45) is 0. The number of aromatic nitrogens is 1. The highest BCUT2D eigenvalue weighted by Crippen LogP contribution is 2.19. The van der Waals surface area contributed by atoms with E-state index in [0.717, 1.165) is 55.5 Å². The summed E-state index contributed by atoms with van der Waals surface area (Å²) in [5.74, 6) is 2.26. The lowest BCUT2D eigenvalue weighted by Crippen LogP contribution is -2.49. The van der Waals surface area contributed by atoms with Crippen molar-refractivity contribution in [3.8, 4) is 5.75 Å². The highest BCUT2D eigenvalue weighted by molar-refractivity contribution is 5.94. The van der Waals surface area contributed by atoms with E-state index in [1.165, 1.54) is 0 Å². The van der Waals surface area contributed by atoms with Crippen molar-refractivity contribution in [1.82, 2.24) is 15.0 Å². The van der Waals surface area contributed by atoms with Crippen LogP contribution in [0.25, 0.3) is 0 Å². The average Bonchev–Trinajstić information content (AvgIpc) is 2.98. The summed E-state index contributed by atoms with van der Waals surface area (Å²) in [4.78, 5) is 17.1. The molecular weight excluding hydrogens is 342 g/mol. The smallest absolute Gasteiger partial charge is 0.253 e. The van der Waals surface area contributed by atoms with E-state index >= 15 is 0 Å². The molecule has 0 unspecified atom stereocenters. The highest BCUT2D eigenvalue weighted by Gasteiger charge is 2.22. The fraction of sp³-hybridized carbons (Fsp3) is 0.524. The van der Waals surface area contributed by atoms with Gasteiger partial charge >= 0.3 is 0 Å². The van der Waals surface area contributed by atoms with E-state index in [1.807, 2.05) is 43.0 Å². The molecule has 1 aromatic carbocycles. The third-order valence-corrected chi connectivity index (χ3v) is 4.95. The Balaban J connectivity index is 1.53. The molecule has 3 rings (SSSR count). The molecule has 0 N–H and O–H groups in total. The van der Waals surface area contributed by atoms with Gasteiger partial charge in [-0.2, -0.15) is 0 Å². The Hall–Kier alpha value is -2.34. The summed E-state index contributed by atoms with van der Waals surface area (Å²) in [6, 6.07) is 7.37. The standard InChI is InChI=1S/C21H29N3O3/c1-15(2)13-23-9-11-24(12-10-23)21(25)18-5-7-19(8-6-18)26-14-20-16(3)22-27-17(20)4/h5-8,15H,9-14H2,1-4H3. The minimum absolute atomic E-state index is 0.0940. The number of carbonyl (C=O) groups excluding carboxylic acids is 1. The van der Waals surface area contributed by atoms with E-state index in [9.17, 15) is 4.79 Å². The van der Waals surface area contributed by atoms with Crippen LogP contribution < -0.4 is 4.74 Å². The molecule has 1 saturated heterocycles. The van der Waals surface area contributed by atoms with Crippen LogP contribution in [0.1, 0.15) is 41.2 Å². The first kappa shape index (κ1) is 19.4. The van der Waals surface area contributed by atoms with Gasteiger partial charge in [-0.05, 0) is 44.0 Å². The van der Waals surface area contributed by atoms with Gasteiger partial charge in [0.25, 0.3) is 5.91 Å². The van der Waals surface area contributed by atoms with E-state index in [4.69, 9.17) is 9.26 Å². The molecule has 0 saturated carbocycles. The number of carbonyl (C=O) groups is 1. The first-order valence-electron chi connectivity index (χ1n) is 9.60. The summed E-state index contributed by atoms with van der Waals surface area (Å²) in [5, 5.41) is 3.93. The van der Waals surface area contributed by atoms with Gasteiger partial charge in [0, 0.05) is 38.3 Å². The number of aryl methyl sites for hydroxylation is 2. The van der Waals surface area contributed by atoms with Crippen LogP contribution in [0.4, 0.5) is 0 Å². The molecule has 146 valence electrons. The van der Waals surface area contributed by atoms with Crippen molar-refractivity contribution in [2.45, 2.75) is 34.3 Å². The lowest BCUT2D eigenvalue weighted by atomic mass is 10.1. The second kappa shape index (κ2) is 8.57. The predicted octanol–water partition coefficient (Wildman–Crippen LogP) is 3.28. The molecule has 0 bridgehead atoms. The lowest BCUT2D eigenvalue weighted by Gasteiger charge is -2.35. The number of amides is 1. The van der Waals surface area contributed by atoms with Gasteiger partial charge in [0.15, 0.2) is 0 Å². The van der Waals surface area contributed by atoms with Crippen LogP contribution in [0.2, 0.25) is 0 Å². The molecule has 6 heteroatoms. The fourth-order valence-electron chi connectivity index (χ4n) is 3.39. The second-order valence-corrected chi connectivity index (χ2v) is 7.60. The number of rotatable bonds is 6. The molecular formula is C21H29N3O3. The van der Waals surface area contributed by atoms with Gasteiger partial charge in [0.1, 0.15) is 18.1 Å². The zero-order valence-corrected chi connectivity index (χ0v) is 16.7. The summed E-state index contributed by atoms with van der Waals surface area (Å²) < 4.78 is 11.0. The van der Waals surface area contributed by atoms with Crippen molar-refractivity contribution in [3.63, 3.8) is 0 Å². The van der Waals surface area contributed by atoms with Crippen molar-refractivity contribution in [2.75, 3.05) is 32.7 Å². The highest BCUT2D eigenvalue weighted by atomic mass is 16.5. The quantitative estimate of drug-likeness (QED) is 0.780. The molecule has 0 radical (unpaired) electrons. The normalized spacial score (nSPS) is 15.4. The molecule has 2 heterocycles. The monoisotopic (exact) mass is 371 g/mol. The largest absolute Gasteiger partial charge is 0.489 e. The van der Waals surface area contributed by atoms with E-state index in [2.05, 4.69) is 23.9 Å². The van der Waals surface area contributed by atoms with Gasteiger partial charge in [-0.25, -0.2) is 0 Å². The van der Waals surface area contributed by atoms with E-state index in [1.54, 1.807) is 0 Å². The number of nitrogens with zero attached hydrogens (tertiary/aromatic N) is 3. The molecule has 1 aliphatic heterocycles. The number of benzene rings is 1. The zero-order chi connectivity index (χ0) is 19.4. The Kier molecular flexibility index (Phi) is 6.16. The third-order valence-electron chi connectivity index (χ3n) is 4.95. The minimum Gasteiger partial charge on any atom is -0.489 e. The topological polar surface area (TPSA) is 58.8 Å². The minimum atomic E-state index is 0.0940. The zero-order valence-electron chi connectivity index (χ0n) is 16.7. The van der Waals surface area contributed by atoms with Gasteiger partial charge < -0.3 is 14.2 Å². The van der Waals surface area contributed by atoms with E-state index in [-0.39, 0.29) is 5.91 Å². The van der Waals surface area contributed by atoms with Crippen molar-refractivity contribution < 1.29 is 14.1 Å². The number of hydrogen-bond acceptors (Lipinski definition) is 5. The molecule has 1 fully saturated rings. The first-order chi connectivity index (χ1) is 12.9. The molecule has 1 aliphatic rings. The van der Waals surface area contributed by atoms with Gasteiger partial charge in [-0.1, -0.05) is 19.0 Å². The average molecular weight is 371 g/mol. The first-order valence-corrected chi connectivity index (χ1v) is 9.60. The Morgan fingerprint density at radius 2 is 1.81 bits per heavy atom. The van der Waals surface area contributed by atoms with Crippen molar-refractivity contribution in [1.29, 1.82) is 0 Å². The summed E-state index contributed by atoms with van der Waals surface area (Å²) in [7, 11) is 0. The Morgan fingerprint density at radius 3 is 2.37 bits per heavy atom. The maximum absolute atomic E-state index is 12.7. The Bertz CT molecular complexity index is 740. The molecule has 27 heavy (non-hydrogen) atoms. The van der Waals surface area contributed by atoms with E-state index < -0.39 is 0 Å². The van der Waals surface area contributed by atoms with Crippen LogP contribution in [0.5, 0.6) is 5.75 Å². The summed E-state index contributed by atoms with van der Waals surface area (Å²) in [6.45, 7) is 13.2. The molecule has 6 nitrogen and oxygen atoms in total. The third kappa shape index (κ3) is 4.89. The maximum Gasteiger partial charge on any atom is 0.253 e. The van der Waals surface area contributed by atoms with Crippen LogP contribution in [-0.4, -0.2) is 53.6 Å². The molecule has 0 aliphatic carbocycles. The maximum atomic E-state index is 12.7. The summed E-state index contributed by atoms with van der Waals surface area (Å²) >= 11 is 0. The lowest BCUT2D eigenvalue weighted by molar-refractivity contribution is 0.0624. The molecule has 1 amide bonds. The van der Waals surface area contributed by atoms with Crippen LogP contribution in [-0.2, 0) is 6.61 Å². The predicted molar refractivity (Wildman–Crippen MR) is 104 cm³/mol. The molecule has 2 aromatic rings. The Morgan fingerprint density at radius 1 is 1.15 bits per heavy atom. The van der Waals surface area contributed by atoms with Crippen molar-refractivity contribution in [3.05, 3.63) is 46.8 Å². The SMILES string of the molecule is Cc1noc(C)c1COc1ccc(C(=O)N2CCN(CC(C)C)CC2)cc1. The number of ether oxygens (including phenoxy) is 1. The van der Waals surface area contributed by atoms with Gasteiger partial charge in [-0.3, -0.25) is 9.69 Å². The van der Waals surface area contributed by atoms with Crippen LogP contribution in [0, 0.1) is 19.8 Å². The van der Waals surface area contributed by atoms with Crippen LogP contribution in [0.3, 0.4) is 0 Å². The molecule has 0 atom stereocenters. The van der Waals surface area contributed by atoms with Crippen molar-refractivity contribution in [2.24, 2.45) is 5.92 Å². The summed E-state index contributed by atoms with van der Waals surface area (Å²) in [5.41, 5.74) is 2.52. The van der Waals surface area contributed by atoms with Crippen LogP contribution >= 0.6 is 0 Å². The number of hydrogen-bond donors (Lipinski definition) is 0. The van der Waals surface area contributed by atoms with Crippen molar-refractivity contribution >= 4 is 5.91 Å². The van der Waals surface area contributed by atoms with Gasteiger partial charge in [-0.15, -0.1) is 0 Å². The fourth-order valence-corrected chi connectivity index (χ4v) is 3.39. The number of piperazine rings is 1. The van der Waals surface area contributed by atoms with Crippen LogP contribution in [0.15, 0.2) is 28.8 Å². The van der Waals surface area contributed by atoms with E-state index in [0.29, 0.717) is 18.1 Å².